The maximum Gasteiger partial charge on any atom is 0.258 e. The van der Waals surface area contributed by atoms with E-state index >= 15 is 0 Å². The quantitative estimate of drug-likeness (QED) is 0.878. The van der Waals surface area contributed by atoms with Crippen LogP contribution in [0.15, 0.2) is 27.5 Å². The Hall–Kier alpha value is -1.20. The van der Waals surface area contributed by atoms with E-state index < -0.39 is 0 Å². The van der Waals surface area contributed by atoms with Crippen LogP contribution in [0.25, 0.3) is 10.9 Å². The zero-order valence-corrected chi connectivity index (χ0v) is 10.4. The zero-order valence-electron chi connectivity index (χ0n) is 8.83. The highest BCUT2D eigenvalue weighted by Gasteiger charge is 2.05. The SMILES string of the molecule is CC(N)Cc1nc2cc(Br)ccc2c(=O)[nH]1. The molecule has 0 fully saturated rings. The summed E-state index contributed by atoms with van der Waals surface area (Å²) in [6, 6.07) is 5.38. The molecule has 1 unspecified atom stereocenters. The number of nitrogens with one attached hydrogen (secondary N) is 1. The lowest BCUT2D eigenvalue weighted by Gasteiger charge is -2.05. The molecule has 0 aliphatic carbocycles. The van der Waals surface area contributed by atoms with Crippen molar-refractivity contribution in [1.82, 2.24) is 9.97 Å². The molecule has 0 aliphatic heterocycles. The van der Waals surface area contributed by atoms with Crippen LogP contribution in [0.5, 0.6) is 0 Å². The first-order valence-corrected chi connectivity index (χ1v) is 5.79. The molecule has 4 nitrogen and oxygen atoms in total. The van der Waals surface area contributed by atoms with E-state index in [1.165, 1.54) is 0 Å². The van der Waals surface area contributed by atoms with Gasteiger partial charge in [-0.3, -0.25) is 4.79 Å². The molecule has 84 valence electrons. The second-order valence-corrected chi connectivity index (χ2v) is 4.77. The Balaban J connectivity index is 2.61. The van der Waals surface area contributed by atoms with Gasteiger partial charge in [0.05, 0.1) is 10.9 Å². The normalized spacial score (nSPS) is 12.9. The van der Waals surface area contributed by atoms with Crippen molar-refractivity contribution in [2.24, 2.45) is 5.73 Å². The molecule has 0 aliphatic rings. The van der Waals surface area contributed by atoms with E-state index in [0.29, 0.717) is 23.1 Å². The molecule has 1 atom stereocenters. The van der Waals surface area contributed by atoms with Gasteiger partial charge in [-0.05, 0) is 25.1 Å². The van der Waals surface area contributed by atoms with E-state index in [1.54, 1.807) is 6.07 Å². The topological polar surface area (TPSA) is 71.8 Å². The predicted octanol–water partition coefficient (Wildman–Crippen LogP) is 1.58. The fourth-order valence-electron chi connectivity index (χ4n) is 1.56. The largest absolute Gasteiger partial charge is 0.328 e. The van der Waals surface area contributed by atoms with E-state index in [-0.39, 0.29) is 11.6 Å². The monoisotopic (exact) mass is 281 g/mol. The molecule has 1 aromatic carbocycles. The van der Waals surface area contributed by atoms with Crippen molar-refractivity contribution in [2.75, 3.05) is 0 Å². The van der Waals surface area contributed by atoms with E-state index in [4.69, 9.17) is 5.73 Å². The van der Waals surface area contributed by atoms with Crippen molar-refractivity contribution in [3.8, 4) is 0 Å². The van der Waals surface area contributed by atoms with E-state index in [2.05, 4.69) is 25.9 Å². The molecule has 0 spiro atoms. The minimum atomic E-state index is -0.117. The maximum atomic E-state index is 11.7. The summed E-state index contributed by atoms with van der Waals surface area (Å²) in [5.74, 6) is 0.630. The lowest BCUT2D eigenvalue weighted by atomic mass is 10.2. The third kappa shape index (κ3) is 2.31. The van der Waals surface area contributed by atoms with Crippen LogP contribution in [-0.2, 0) is 6.42 Å². The molecular formula is C11H12BrN3O. The summed E-state index contributed by atoms with van der Waals surface area (Å²) in [4.78, 5) is 18.9. The molecular weight excluding hydrogens is 270 g/mol. The van der Waals surface area contributed by atoms with E-state index in [0.717, 1.165) is 4.47 Å². The van der Waals surface area contributed by atoms with Gasteiger partial charge in [-0.2, -0.15) is 0 Å². The lowest BCUT2D eigenvalue weighted by Crippen LogP contribution is -2.22. The molecule has 0 saturated heterocycles. The second-order valence-electron chi connectivity index (χ2n) is 3.86. The Labute approximate surface area is 101 Å². The van der Waals surface area contributed by atoms with Crippen LogP contribution in [0.4, 0.5) is 0 Å². The minimum Gasteiger partial charge on any atom is -0.328 e. The van der Waals surface area contributed by atoms with Crippen molar-refractivity contribution < 1.29 is 0 Å². The van der Waals surface area contributed by atoms with Crippen molar-refractivity contribution in [3.63, 3.8) is 0 Å². The lowest BCUT2D eigenvalue weighted by molar-refractivity contribution is 0.703. The van der Waals surface area contributed by atoms with Crippen LogP contribution < -0.4 is 11.3 Å². The van der Waals surface area contributed by atoms with Gasteiger partial charge in [0, 0.05) is 16.9 Å². The highest BCUT2D eigenvalue weighted by atomic mass is 79.9. The van der Waals surface area contributed by atoms with Gasteiger partial charge in [-0.15, -0.1) is 0 Å². The standard InChI is InChI=1S/C11H12BrN3O/c1-6(13)4-10-14-9-5-7(12)2-3-8(9)11(16)15-10/h2-3,5-6H,4,13H2,1H3,(H,14,15,16). The van der Waals surface area contributed by atoms with E-state index in [1.807, 2.05) is 19.1 Å². The number of nitrogens with two attached hydrogens (primary N) is 1. The van der Waals surface area contributed by atoms with Crippen molar-refractivity contribution in [2.45, 2.75) is 19.4 Å². The number of fused-ring (bicyclic) bond motifs is 1. The fraction of sp³-hybridized carbons (Fsp3) is 0.273. The number of benzene rings is 1. The Morgan fingerprint density at radius 1 is 1.56 bits per heavy atom. The van der Waals surface area contributed by atoms with Crippen LogP contribution in [0.2, 0.25) is 0 Å². The van der Waals surface area contributed by atoms with Gasteiger partial charge in [-0.1, -0.05) is 15.9 Å². The number of nitrogens with zero attached hydrogens (tertiary/aromatic N) is 1. The number of aromatic nitrogens is 2. The third-order valence-electron chi connectivity index (χ3n) is 2.23. The number of halogens is 1. The predicted molar refractivity (Wildman–Crippen MR) is 67.4 cm³/mol. The van der Waals surface area contributed by atoms with Gasteiger partial charge in [0.15, 0.2) is 0 Å². The molecule has 3 N–H and O–H groups in total. The summed E-state index contributed by atoms with van der Waals surface area (Å²) in [5, 5.41) is 0.594. The summed E-state index contributed by atoms with van der Waals surface area (Å²) in [6.07, 6.45) is 0.567. The van der Waals surface area contributed by atoms with Crippen LogP contribution in [-0.4, -0.2) is 16.0 Å². The average molecular weight is 282 g/mol. The summed E-state index contributed by atoms with van der Waals surface area (Å²) in [7, 11) is 0. The van der Waals surface area contributed by atoms with Gasteiger partial charge >= 0.3 is 0 Å². The molecule has 2 rings (SSSR count). The summed E-state index contributed by atoms with van der Waals surface area (Å²) < 4.78 is 0.907. The Morgan fingerprint density at radius 2 is 2.31 bits per heavy atom. The number of rotatable bonds is 2. The van der Waals surface area contributed by atoms with Gasteiger partial charge < -0.3 is 10.7 Å². The Morgan fingerprint density at radius 3 is 3.00 bits per heavy atom. The zero-order chi connectivity index (χ0) is 11.7. The first-order valence-electron chi connectivity index (χ1n) is 5.00. The second kappa shape index (κ2) is 4.35. The highest BCUT2D eigenvalue weighted by molar-refractivity contribution is 9.10. The summed E-state index contributed by atoms with van der Waals surface area (Å²) >= 11 is 3.36. The van der Waals surface area contributed by atoms with Crippen LogP contribution in [0.1, 0.15) is 12.7 Å². The molecule has 0 amide bonds. The van der Waals surface area contributed by atoms with E-state index in [9.17, 15) is 4.79 Å². The molecule has 5 heteroatoms. The summed E-state index contributed by atoms with van der Waals surface area (Å²) in [6.45, 7) is 1.88. The first kappa shape index (κ1) is 11.3. The van der Waals surface area contributed by atoms with Gasteiger partial charge in [-0.25, -0.2) is 4.98 Å². The number of H-pyrrole nitrogens is 1. The van der Waals surface area contributed by atoms with Crippen molar-refractivity contribution in [3.05, 3.63) is 38.9 Å². The molecule has 0 bridgehead atoms. The first-order chi connectivity index (χ1) is 7.56. The number of aromatic amines is 1. The van der Waals surface area contributed by atoms with Crippen LogP contribution in [0, 0.1) is 0 Å². The van der Waals surface area contributed by atoms with Crippen molar-refractivity contribution in [1.29, 1.82) is 0 Å². The fourth-order valence-corrected chi connectivity index (χ4v) is 1.91. The number of hydrogen-bond acceptors (Lipinski definition) is 3. The average Bonchev–Trinajstić information content (AvgIpc) is 2.15. The number of hydrogen-bond donors (Lipinski definition) is 2. The molecule has 1 heterocycles. The maximum absolute atomic E-state index is 11.7. The van der Waals surface area contributed by atoms with Crippen molar-refractivity contribution >= 4 is 26.8 Å². The molecule has 0 saturated carbocycles. The van der Waals surface area contributed by atoms with Gasteiger partial charge in [0.25, 0.3) is 5.56 Å². The molecule has 16 heavy (non-hydrogen) atoms. The van der Waals surface area contributed by atoms with Gasteiger partial charge in [0.2, 0.25) is 0 Å². The smallest absolute Gasteiger partial charge is 0.258 e. The Kier molecular flexibility index (Phi) is 3.07. The Bertz CT molecular complexity index is 577. The van der Waals surface area contributed by atoms with Gasteiger partial charge in [0.1, 0.15) is 5.82 Å². The minimum absolute atomic E-state index is 0.0206. The third-order valence-corrected chi connectivity index (χ3v) is 2.73. The van der Waals surface area contributed by atoms with Crippen LogP contribution >= 0.6 is 15.9 Å². The molecule has 1 aromatic heterocycles. The molecule has 0 radical (unpaired) electrons. The summed E-state index contributed by atoms with van der Waals surface area (Å²) in [5.41, 5.74) is 6.25. The highest BCUT2D eigenvalue weighted by Crippen LogP contribution is 2.15. The van der Waals surface area contributed by atoms with Crippen LogP contribution in [0.3, 0.4) is 0 Å². The molecule has 2 aromatic rings.